The highest BCUT2D eigenvalue weighted by molar-refractivity contribution is 5.97. The van der Waals surface area contributed by atoms with Gasteiger partial charge in [0.15, 0.2) is 0 Å². The van der Waals surface area contributed by atoms with E-state index in [9.17, 15) is 27.2 Å². The second-order valence-corrected chi connectivity index (χ2v) is 7.49. The van der Waals surface area contributed by atoms with Gasteiger partial charge in [0, 0.05) is 25.3 Å². The second-order valence-electron chi connectivity index (χ2n) is 7.49. The second kappa shape index (κ2) is 9.27. The Kier molecular flexibility index (Phi) is 6.94. The third kappa shape index (κ3) is 5.89. The lowest BCUT2D eigenvalue weighted by atomic mass is 10.1. The smallest absolute Gasteiger partial charge is 0.370 e. The van der Waals surface area contributed by atoms with E-state index in [1.807, 2.05) is 0 Å². The van der Waals surface area contributed by atoms with Crippen LogP contribution in [0, 0.1) is 11.7 Å². The third-order valence-corrected chi connectivity index (χ3v) is 5.05. The largest absolute Gasteiger partial charge is 0.401 e. The number of morpholine rings is 1. The molecule has 1 heterocycles. The van der Waals surface area contributed by atoms with Crippen LogP contribution >= 0.6 is 0 Å². The molecule has 0 bridgehead atoms. The van der Waals surface area contributed by atoms with Crippen molar-refractivity contribution in [1.29, 1.82) is 0 Å². The van der Waals surface area contributed by atoms with Crippen LogP contribution in [0.15, 0.2) is 18.2 Å². The molecule has 0 spiro atoms. The Labute approximate surface area is 171 Å². The number of halogens is 4. The van der Waals surface area contributed by atoms with Gasteiger partial charge in [-0.2, -0.15) is 13.2 Å². The molecule has 1 saturated carbocycles. The van der Waals surface area contributed by atoms with Crippen molar-refractivity contribution in [2.24, 2.45) is 11.7 Å². The summed E-state index contributed by atoms with van der Waals surface area (Å²) < 4.78 is 58.5. The van der Waals surface area contributed by atoms with Crippen molar-refractivity contribution in [2.45, 2.75) is 25.1 Å². The van der Waals surface area contributed by atoms with E-state index < -0.39 is 30.5 Å². The summed E-state index contributed by atoms with van der Waals surface area (Å²) in [7, 11) is 0. The molecule has 30 heavy (non-hydrogen) atoms. The van der Waals surface area contributed by atoms with E-state index in [1.54, 1.807) is 0 Å². The van der Waals surface area contributed by atoms with Crippen LogP contribution in [0.5, 0.6) is 0 Å². The van der Waals surface area contributed by atoms with Crippen molar-refractivity contribution in [3.8, 4) is 0 Å². The number of amides is 2. The van der Waals surface area contributed by atoms with Crippen LogP contribution in [0.3, 0.4) is 0 Å². The predicted octanol–water partition coefficient (Wildman–Crippen LogP) is 1.73. The van der Waals surface area contributed by atoms with Crippen LogP contribution in [0.1, 0.15) is 12.8 Å². The normalized spacial score (nSPS) is 18.6. The number of benzene rings is 1. The molecule has 1 saturated heterocycles. The Morgan fingerprint density at radius 2 is 2.10 bits per heavy atom. The van der Waals surface area contributed by atoms with Gasteiger partial charge in [-0.1, -0.05) is 0 Å². The highest BCUT2D eigenvalue weighted by Crippen LogP contribution is 2.32. The lowest BCUT2D eigenvalue weighted by Gasteiger charge is -2.31. The standard InChI is InChI=1S/C19H24F4N4O3/c20-14-7-13(27-5-6-30-10-17(27)28)3-4-15(14)25-18(29)16(8-24)26(9-12-1-2-12)11-19(21,22)23/h3-4,7,12,16H,1-2,5-6,8-11,24H2,(H,25,29)/t16-/m0/s1. The summed E-state index contributed by atoms with van der Waals surface area (Å²) in [6.07, 6.45) is -2.87. The molecule has 166 valence electrons. The van der Waals surface area contributed by atoms with E-state index in [4.69, 9.17) is 10.5 Å². The molecular weight excluding hydrogens is 408 g/mol. The van der Waals surface area contributed by atoms with Gasteiger partial charge in [0.25, 0.3) is 5.91 Å². The molecule has 3 rings (SSSR count). The first-order valence-electron chi connectivity index (χ1n) is 9.67. The molecule has 1 aromatic rings. The van der Waals surface area contributed by atoms with Crippen molar-refractivity contribution in [3.05, 3.63) is 24.0 Å². The van der Waals surface area contributed by atoms with Crippen molar-refractivity contribution in [1.82, 2.24) is 4.90 Å². The van der Waals surface area contributed by atoms with Crippen LogP contribution in [-0.2, 0) is 14.3 Å². The van der Waals surface area contributed by atoms with Crippen LogP contribution in [0.25, 0.3) is 0 Å². The first kappa shape index (κ1) is 22.4. The maximum Gasteiger partial charge on any atom is 0.401 e. The fraction of sp³-hybridized carbons (Fsp3) is 0.579. The van der Waals surface area contributed by atoms with Crippen molar-refractivity contribution < 1.29 is 31.9 Å². The van der Waals surface area contributed by atoms with Gasteiger partial charge < -0.3 is 20.7 Å². The maximum atomic E-state index is 14.5. The van der Waals surface area contributed by atoms with E-state index in [-0.39, 0.29) is 43.8 Å². The molecule has 3 N–H and O–H groups in total. The summed E-state index contributed by atoms with van der Waals surface area (Å²) >= 11 is 0. The quantitative estimate of drug-likeness (QED) is 0.611. The van der Waals surface area contributed by atoms with Gasteiger partial charge >= 0.3 is 6.18 Å². The molecule has 1 atom stereocenters. The van der Waals surface area contributed by atoms with E-state index in [0.29, 0.717) is 12.3 Å². The number of carbonyl (C=O) groups excluding carboxylic acids is 2. The van der Waals surface area contributed by atoms with Gasteiger partial charge in [0.2, 0.25) is 5.91 Å². The fourth-order valence-corrected chi connectivity index (χ4v) is 3.37. The minimum Gasteiger partial charge on any atom is -0.370 e. The molecule has 1 aromatic carbocycles. The lowest BCUT2D eigenvalue weighted by Crippen LogP contribution is -2.52. The molecule has 1 aliphatic heterocycles. The summed E-state index contributed by atoms with van der Waals surface area (Å²) in [5.41, 5.74) is 5.71. The third-order valence-electron chi connectivity index (χ3n) is 5.05. The van der Waals surface area contributed by atoms with Crippen molar-refractivity contribution >= 4 is 23.2 Å². The Bertz CT molecular complexity index is 786. The van der Waals surface area contributed by atoms with Crippen LogP contribution < -0.4 is 16.0 Å². The van der Waals surface area contributed by atoms with E-state index in [1.165, 1.54) is 17.0 Å². The number of ether oxygens (including phenoxy) is 1. The topological polar surface area (TPSA) is 87.9 Å². The summed E-state index contributed by atoms with van der Waals surface area (Å²) in [6, 6.07) is 2.57. The van der Waals surface area contributed by atoms with Crippen molar-refractivity contribution in [2.75, 3.05) is 49.6 Å². The number of carbonyl (C=O) groups is 2. The first-order valence-corrected chi connectivity index (χ1v) is 9.67. The number of anilines is 2. The van der Waals surface area contributed by atoms with Gasteiger partial charge in [0.1, 0.15) is 18.5 Å². The van der Waals surface area contributed by atoms with Crippen LogP contribution in [-0.4, -0.2) is 68.3 Å². The van der Waals surface area contributed by atoms with Gasteiger partial charge in [-0.25, -0.2) is 4.39 Å². The van der Waals surface area contributed by atoms with Crippen molar-refractivity contribution in [3.63, 3.8) is 0 Å². The van der Waals surface area contributed by atoms with Gasteiger partial charge in [-0.15, -0.1) is 0 Å². The predicted molar refractivity (Wildman–Crippen MR) is 101 cm³/mol. The molecule has 0 aromatic heterocycles. The number of rotatable bonds is 8. The number of hydrogen-bond acceptors (Lipinski definition) is 5. The molecule has 2 amide bonds. The molecule has 0 unspecified atom stereocenters. The minimum absolute atomic E-state index is 0.103. The summed E-state index contributed by atoms with van der Waals surface area (Å²) in [5.74, 6) is -1.82. The first-order chi connectivity index (χ1) is 14.2. The zero-order chi connectivity index (χ0) is 21.9. The monoisotopic (exact) mass is 432 g/mol. The molecule has 0 radical (unpaired) electrons. The molecule has 7 nitrogen and oxygen atoms in total. The zero-order valence-electron chi connectivity index (χ0n) is 16.3. The highest BCUT2D eigenvalue weighted by atomic mass is 19.4. The van der Waals surface area contributed by atoms with Crippen LogP contribution in [0.4, 0.5) is 28.9 Å². The van der Waals surface area contributed by atoms with E-state index in [0.717, 1.165) is 23.8 Å². The summed E-state index contributed by atoms with van der Waals surface area (Å²) in [6.45, 7) is -1.01. The zero-order valence-corrected chi connectivity index (χ0v) is 16.3. The number of nitrogens with two attached hydrogens (primary N) is 1. The molecule has 2 fully saturated rings. The number of alkyl halides is 3. The Hall–Kier alpha value is -2.24. The van der Waals surface area contributed by atoms with Gasteiger partial charge in [-0.05, 0) is 37.0 Å². The Morgan fingerprint density at radius 3 is 2.67 bits per heavy atom. The number of nitrogens with one attached hydrogen (secondary N) is 1. The number of hydrogen-bond donors (Lipinski definition) is 2. The fourth-order valence-electron chi connectivity index (χ4n) is 3.37. The van der Waals surface area contributed by atoms with Gasteiger partial charge in [0.05, 0.1) is 18.8 Å². The average Bonchev–Trinajstić information content (AvgIpc) is 3.47. The average molecular weight is 432 g/mol. The van der Waals surface area contributed by atoms with Gasteiger partial charge in [-0.3, -0.25) is 14.5 Å². The van der Waals surface area contributed by atoms with E-state index in [2.05, 4.69) is 5.32 Å². The summed E-state index contributed by atoms with van der Waals surface area (Å²) in [4.78, 5) is 26.9. The van der Waals surface area contributed by atoms with E-state index >= 15 is 0 Å². The molecular formula is C19H24F4N4O3. The number of nitrogens with zero attached hydrogens (tertiary/aromatic N) is 2. The molecule has 11 heteroatoms. The molecule has 2 aliphatic rings. The Balaban J connectivity index is 1.71. The lowest BCUT2D eigenvalue weighted by molar-refractivity contribution is -0.154. The molecule has 1 aliphatic carbocycles. The highest BCUT2D eigenvalue weighted by Gasteiger charge is 2.38. The Morgan fingerprint density at radius 1 is 1.37 bits per heavy atom. The minimum atomic E-state index is -4.49. The van der Waals surface area contributed by atoms with Crippen LogP contribution in [0.2, 0.25) is 0 Å². The SMILES string of the molecule is NC[C@@H](C(=O)Nc1ccc(N2CCOCC2=O)cc1F)N(CC1CC1)CC(F)(F)F. The maximum absolute atomic E-state index is 14.5. The summed E-state index contributed by atoms with van der Waals surface area (Å²) in [5, 5.41) is 2.33.